The van der Waals surface area contributed by atoms with Crippen LogP contribution in [-0.4, -0.2) is 12.4 Å². The van der Waals surface area contributed by atoms with Crippen LogP contribution in [0.3, 0.4) is 0 Å². The SMILES string of the molecule is O=C(COc1cc(F)ccc1Br)c1ccccc1Br. The lowest BCUT2D eigenvalue weighted by Gasteiger charge is -2.08. The second-order valence-electron chi connectivity index (χ2n) is 3.77. The highest BCUT2D eigenvalue weighted by atomic mass is 79.9. The van der Waals surface area contributed by atoms with E-state index in [2.05, 4.69) is 31.9 Å². The molecule has 0 aromatic heterocycles. The van der Waals surface area contributed by atoms with Crippen molar-refractivity contribution < 1.29 is 13.9 Å². The summed E-state index contributed by atoms with van der Waals surface area (Å²) in [5, 5.41) is 0. The molecule has 19 heavy (non-hydrogen) atoms. The fraction of sp³-hybridized carbons (Fsp3) is 0.0714. The van der Waals surface area contributed by atoms with Gasteiger partial charge in [-0.25, -0.2) is 4.39 Å². The third-order valence-corrected chi connectivity index (χ3v) is 3.77. The fourth-order valence-electron chi connectivity index (χ4n) is 1.50. The van der Waals surface area contributed by atoms with Crippen molar-refractivity contribution in [2.75, 3.05) is 6.61 Å². The van der Waals surface area contributed by atoms with Crippen LogP contribution >= 0.6 is 31.9 Å². The molecule has 0 amide bonds. The van der Waals surface area contributed by atoms with Crippen molar-refractivity contribution in [1.82, 2.24) is 0 Å². The summed E-state index contributed by atoms with van der Waals surface area (Å²) in [5.41, 5.74) is 0.537. The highest BCUT2D eigenvalue weighted by molar-refractivity contribution is 9.10. The third kappa shape index (κ3) is 3.64. The van der Waals surface area contributed by atoms with E-state index in [1.54, 1.807) is 18.2 Å². The van der Waals surface area contributed by atoms with Crippen LogP contribution in [0.15, 0.2) is 51.4 Å². The molecular weight excluding hydrogens is 379 g/mol. The van der Waals surface area contributed by atoms with Gasteiger partial charge in [0.05, 0.1) is 4.47 Å². The molecule has 0 N–H and O–H groups in total. The highest BCUT2D eigenvalue weighted by Crippen LogP contribution is 2.26. The predicted molar refractivity (Wildman–Crippen MR) is 78.1 cm³/mol. The van der Waals surface area contributed by atoms with Gasteiger partial charge in [0, 0.05) is 16.1 Å². The van der Waals surface area contributed by atoms with Gasteiger partial charge in [0.15, 0.2) is 6.61 Å². The number of halogens is 3. The Labute approximate surface area is 126 Å². The molecule has 5 heteroatoms. The van der Waals surface area contributed by atoms with Crippen LogP contribution in [0.5, 0.6) is 5.75 Å². The molecule has 0 saturated heterocycles. The zero-order chi connectivity index (χ0) is 13.8. The van der Waals surface area contributed by atoms with Gasteiger partial charge >= 0.3 is 0 Å². The minimum Gasteiger partial charge on any atom is -0.484 e. The van der Waals surface area contributed by atoms with E-state index in [9.17, 15) is 9.18 Å². The number of Topliss-reactive ketones (excluding diaryl/α,β-unsaturated/α-hetero) is 1. The first kappa shape index (κ1) is 14.2. The molecule has 0 saturated carbocycles. The van der Waals surface area contributed by atoms with E-state index in [4.69, 9.17) is 4.74 Å². The maximum absolute atomic E-state index is 13.1. The summed E-state index contributed by atoms with van der Waals surface area (Å²) in [5.74, 6) is -0.282. The van der Waals surface area contributed by atoms with E-state index in [0.717, 1.165) is 0 Å². The summed E-state index contributed by atoms with van der Waals surface area (Å²) in [6.45, 7) is -0.148. The van der Waals surface area contributed by atoms with E-state index >= 15 is 0 Å². The molecule has 0 radical (unpaired) electrons. The summed E-state index contributed by atoms with van der Waals surface area (Å²) in [6, 6.07) is 11.2. The van der Waals surface area contributed by atoms with Crippen molar-refractivity contribution in [3.05, 3.63) is 62.8 Å². The van der Waals surface area contributed by atoms with Crippen molar-refractivity contribution in [2.24, 2.45) is 0 Å². The number of hydrogen-bond acceptors (Lipinski definition) is 2. The number of carbonyl (C=O) groups excluding carboxylic acids is 1. The lowest BCUT2D eigenvalue weighted by Crippen LogP contribution is -2.12. The molecule has 0 atom stereocenters. The number of benzene rings is 2. The summed E-state index contributed by atoms with van der Waals surface area (Å²) in [6.07, 6.45) is 0. The van der Waals surface area contributed by atoms with E-state index in [1.165, 1.54) is 18.2 Å². The van der Waals surface area contributed by atoms with Crippen LogP contribution in [0.4, 0.5) is 4.39 Å². The Kier molecular flexibility index (Phi) is 4.71. The van der Waals surface area contributed by atoms with Gasteiger partial charge in [-0.3, -0.25) is 4.79 Å². The van der Waals surface area contributed by atoms with Crippen LogP contribution < -0.4 is 4.74 Å². The molecule has 2 rings (SSSR count). The third-order valence-electron chi connectivity index (χ3n) is 2.43. The number of rotatable bonds is 4. The van der Waals surface area contributed by atoms with Crippen LogP contribution in [0.1, 0.15) is 10.4 Å². The molecule has 0 unspecified atom stereocenters. The minimum atomic E-state index is -0.411. The summed E-state index contributed by atoms with van der Waals surface area (Å²) in [4.78, 5) is 12.0. The molecule has 98 valence electrons. The number of ketones is 1. The molecule has 2 nitrogen and oxygen atoms in total. The van der Waals surface area contributed by atoms with Crippen LogP contribution in [0.2, 0.25) is 0 Å². The molecule has 0 heterocycles. The average Bonchev–Trinajstić information content (AvgIpc) is 2.40. The molecule has 0 fully saturated rings. The van der Waals surface area contributed by atoms with Crippen LogP contribution in [-0.2, 0) is 0 Å². The van der Waals surface area contributed by atoms with Crippen molar-refractivity contribution in [2.45, 2.75) is 0 Å². The first-order valence-corrected chi connectivity index (χ1v) is 7.02. The zero-order valence-corrected chi connectivity index (χ0v) is 12.9. The molecule has 2 aromatic carbocycles. The van der Waals surface area contributed by atoms with Gasteiger partial charge in [-0.2, -0.15) is 0 Å². The Bertz CT molecular complexity index is 614. The average molecular weight is 388 g/mol. The summed E-state index contributed by atoms with van der Waals surface area (Å²) in [7, 11) is 0. The fourth-order valence-corrected chi connectivity index (χ4v) is 2.36. The zero-order valence-electron chi connectivity index (χ0n) is 9.70. The van der Waals surface area contributed by atoms with Crippen molar-refractivity contribution in [3.8, 4) is 5.75 Å². The Morgan fingerprint density at radius 3 is 2.58 bits per heavy atom. The normalized spacial score (nSPS) is 10.3. The Morgan fingerprint density at radius 2 is 1.84 bits per heavy atom. The molecular formula is C14H9Br2FO2. The van der Waals surface area contributed by atoms with Crippen LogP contribution in [0.25, 0.3) is 0 Å². The van der Waals surface area contributed by atoms with Gasteiger partial charge in [-0.1, -0.05) is 34.1 Å². The molecule has 0 aliphatic rings. The minimum absolute atomic E-state index is 0.148. The Hall–Kier alpha value is -1.20. The van der Waals surface area contributed by atoms with Crippen molar-refractivity contribution in [3.63, 3.8) is 0 Å². The molecule has 0 spiro atoms. The molecule has 0 aliphatic carbocycles. The first-order valence-electron chi connectivity index (χ1n) is 5.43. The van der Waals surface area contributed by atoms with Gasteiger partial charge in [-0.15, -0.1) is 0 Å². The summed E-state index contributed by atoms with van der Waals surface area (Å²) >= 11 is 6.54. The quantitative estimate of drug-likeness (QED) is 0.716. The first-order chi connectivity index (χ1) is 9.08. The van der Waals surface area contributed by atoms with Gasteiger partial charge in [-0.05, 0) is 34.1 Å². The Balaban J connectivity index is 2.09. The van der Waals surface area contributed by atoms with Crippen molar-refractivity contribution >= 4 is 37.6 Å². The van der Waals surface area contributed by atoms with E-state index in [1.807, 2.05) is 6.07 Å². The maximum atomic E-state index is 13.1. The highest BCUT2D eigenvalue weighted by Gasteiger charge is 2.11. The lowest BCUT2D eigenvalue weighted by atomic mass is 10.1. The standard InChI is InChI=1S/C14H9Br2FO2/c15-11-4-2-1-3-10(11)13(18)8-19-14-7-9(17)5-6-12(14)16/h1-7H,8H2. The second-order valence-corrected chi connectivity index (χ2v) is 5.48. The molecule has 0 aliphatic heterocycles. The number of carbonyl (C=O) groups is 1. The number of hydrogen-bond donors (Lipinski definition) is 0. The van der Waals surface area contributed by atoms with Gasteiger partial charge < -0.3 is 4.74 Å². The van der Waals surface area contributed by atoms with Gasteiger partial charge in [0.25, 0.3) is 0 Å². The summed E-state index contributed by atoms with van der Waals surface area (Å²) < 4.78 is 19.7. The lowest BCUT2D eigenvalue weighted by molar-refractivity contribution is 0.0920. The maximum Gasteiger partial charge on any atom is 0.201 e. The van der Waals surface area contributed by atoms with E-state index in [0.29, 0.717) is 20.3 Å². The second kappa shape index (κ2) is 6.30. The smallest absolute Gasteiger partial charge is 0.201 e. The van der Waals surface area contributed by atoms with Crippen LogP contribution in [0, 0.1) is 5.82 Å². The predicted octanol–water partition coefficient (Wildman–Crippen LogP) is 4.61. The molecule has 0 bridgehead atoms. The molecule has 2 aromatic rings. The monoisotopic (exact) mass is 386 g/mol. The van der Waals surface area contributed by atoms with Crippen molar-refractivity contribution in [1.29, 1.82) is 0 Å². The number of ether oxygens (including phenoxy) is 1. The van der Waals surface area contributed by atoms with Gasteiger partial charge in [0.2, 0.25) is 5.78 Å². The topological polar surface area (TPSA) is 26.3 Å². The van der Waals surface area contributed by atoms with Gasteiger partial charge in [0.1, 0.15) is 11.6 Å². The Morgan fingerprint density at radius 1 is 1.11 bits per heavy atom. The van der Waals surface area contributed by atoms with E-state index < -0.39 is 5.82 Å². The van der Waals surface area contributed by atoms with E-state index in [-0.39, 0.29) is 12.4 Å². The largest absolute Gasteiger partial charge is 0.484 e.